The topological polar surface area (TPSA) is 140 Å². The number of carbonyl (C=O) groups excluding carboxylic acids is 2. The van der Waals surface area contributed by atoms with Gasteiger partial charge in [0.15, 0.2) is 0 Å². The van der Waals surface area contributed by atoms with Crippen LogP contribution in [0.1, 0.15) is 38.8 Å². The van der Waals surface area contributed by atoms with Gasteiger partial charge in [0.25, 0.3) is 0 Å². The molecule has 1 aromatic carbocycles. The third-order valence-electron chi connectivity index (χ3n) is 4.87. The van der Waals surface area contributed by atoms with Gasteiger partial charge in [-0.3, -0.25) is 4.79 Å². The number of carbonyl (C=O) groups is 2. The van der Waals surface area contributed by atoms with Crippen LogP contribution < -0.4 is 5.73 Å². The van der Waals surface area contributed by atoms with Crippen molar-refractivity contribution in [2.45, 2.75) is 32.5 Å². The van der Waals surface area contributed by atoms with Gasteiger partial charge >= 0.3 is 11.9 Å². The molecule has 2 N–H and O–H groups in total. The van der Waals surface area contributed by atoms with E-state index in [9.17, 15) is 23.3 Å². The molecule has 1 atom stereocenters. The summed E-state index contributed by atoms with van der Waals surface area (Å²) >= 11 is 0.880. The molecule has 9 nitrogen and oxygen atoms in total. The Kier molecular flexibility index (Phi) is 6.64. The fraction of sp³-hybridized carbons (Fsp3) is 0.350. The fourth-order valence-electron chi connectivity index (χ4n) is 3.39. The van der Waals surface area contributed by atoms with E-state index in [1.54, 1.807) is 13.0 Å². The summed E-state index contributed by atoms with van der Waals surface area (Å²) < 4.78 is 36.1. The van der Waals surface area contributed by atoms with E-state index in [0.717, 1.165) is 33.0 Å². The molecule has 0 aliphatic carbocycles. The van der Waals surface area contributed by atoms with E-state index in [-0.39, 0.29) is 40.6 Å². The minimum atomic E-state index is -3.70. The van der Waals surface area contributed by atoms with Crippen LogP contribution in [0.15, 0.2) is 24.3 Å². The number of nitrogens with zero attached hydrogens (tertiary/aromatic N) is 2. The van der Waals surface area contributed by atoms with E-state index in [4.69, 9.17) is 15.2 Å². The number of nitrogen functional groups attached to an aromatic ring is 1. The minimum absolute atomic E-state index is 0.0369. The Bertz CT molecular complexity index is 1170. The van der Waals surface area contributed by atoms with Gasteiger partial charge in [-0.15, -0.1) is 11.3 Å². The molecule has 1 aliphatic rings. The number of rotatable bonds is 6. The number of ether oxygens (including phenoxy) is 2. The quantitative estimate of drug-likeness (QED) is 0.640. The molecule has 2 aromatic rings. The molecule has 164 valence electrons. The van der Waals surface area contributed by atoms with Crippen molar-refractivity contribution in [3.05, 3.63) is 51.4 Å². The van der Waals surface area contributed by atoms with Crippen LogP contribution in [0.2, 0.25) is 0 Å². The molecule has 0 fully saturated rings. The first-order valence-electron chi connectivity index (χ1n) is 9.36. The van der Waals surface area contributed by atoms with E-state index in [1.807, 2.05) is 24.3 Å². The van der Waals surface area contributed by atoms with Crippen molar-refractivity contribution in [3.63, 3.8) is 0 Å². The molecular formula is C20H21N3O6S2. The van der Waals surface area contributed by atoms with E-state index < -0.39 is 34.6 Å². The number of thiophene rings is 1. The lowest BCUT2D eigenvalue weighted by atomic mass is 9.96. The predicted octanol–water partition coefficient (Wildman–Crippen LogP) is 1.81. The van der Waals surface area contributed by atoms with Gasteiger partial charge in [0.05, 0.1) is 18.4 Å². The standard InChI is InChI=1S/C20H21N3O6S2/c1-3-28-20(25)17-15(14(9-21)18(22)30-17)11-29-19(24)16-8-12-6-4-5-7-13(12)10-23(16)31(2,26)27/h4-7,16H,3,8,10-11,22H2,1-2H3. The average molecular weight is 464 g/mol. The summed E-state index contributed by atoms with van der Waals surface area (Å²) in [6.07, 6.45) is 1.19. The van der Waals surface area contributed by atoms with Crippen molar-refractivity contribution in [1.29, 1.82) is 5.26 Å². The van der Waals surface area contributed by atoms with E-state index >= 15 is 0 Å². The van der Waals surface area contributed by atoms with Gasteiger partial charge < -0.3 is 15.2 Å². The van der Waals surface area contributed by atoms with Crippen molar-refractivity contribution in [1.82, 2.24) is 4.31 Å². The molecule has 0 bridgehead atoms. The van der Waals surface area contributed by atoms with Crippen LogP contribution in [-0.4, -0.2) is 43.6 Å². The molecular weight excluding hydrogens is 442 g/mol. The summed E-state index contributed by atoms with van der Waals surface area (Å²) in [6, 6.07) is 8.12. The number of nitrogens with two attached hydrogens (primary N) is 1. The Balaban J connectivity index is 1.86. The first-order chi connectivity index (χ1) is 14.7. The summed E-state index contributed by atoms with van der Waals surface area (Å²) in [4.78, 5) is 25.2. The van der Waals surface area contributed by atoms with Gasteiger partial charge in [-0.05, 0) is 18.1 Å². The maximum atomic E-state index is 12.9. The van der Waals surface area contributed by atoms with Crippen LogP contribution in [0.4, 0.5) is 5.00 Å². The lowest BCUT2D eigenvalue weighted by Gasteiger charge is -2.33. The molecule has 0 saturated carbocycles. The normalized spacial score (nSPS) is 16.2. The molecule has 11 heteroatoms. The lowest BCUT2D eigenvalue weighted by molar-refractivity contribution is -0.150. The van der Waals surface area contributed by atoms with Gasteiger partial charge in [0.2, 0.25) is 10.0 Å². The van der Waals surface area contributed by atoms with Crippen molar-refractivity contribution in [2.24, 2.45) is 0 Å². The zero-order valence-corrected chi connectivity index (χ0v) is 18.6. The third kappa shape index (κ3) is 4.71. The van der Waals surface area contributed by atoms with Crippen LogP contribution in [0.3, 0.4) is 0 Å². The molecule has 0 radical (unpaired) electrons. The Hall–Kier alpha value is -2.94. The van der Waals surface area contributed by atoms with Crippen LogP contribution >= 0.6 is 11.3 Å². The summed E-state index contributed by atoms with van der Waals surface area (Å²) in [7, 11) is -3.70. The second-order valence-electron chi connectivity index (χ2n) is 6.89. The van der Waals surface area contributed by atoms with Crippen LogP contribution in [0, 0.1) is 11.3 Å². The van der Waals surface area contributed by atoms with E-state index in [1.165, 1.54) is 0 Å². The van der Waals surface area contributed by atoms with Crippen LogP contribution in [0.25, 0.3) is 0 Å². The molecule has 0 spiro atoms. The summed E-state index contributed by atoms with van der Waals surface area (Å²) in [5, 5.41) is 9.50. The van der Waals surface area contributed by atoms with Gasteiger partial charge in [-0.25, -0.2) is 13.2 Å². The SMILES string of the molecule is CCOC(=O)c1sc(N)c(C#N)c1COC(=O)C1Cc2ccccc2CN1S(C)(=O)=O. The number of esters is 2. The minimum Gasteiger partial charge on any atom is -0.462 e. The predicted molar refractivity (Wildman–Crippen MR) is 114 cm³/mol. The summed E-state index contributed by atoms with van der Waals surface area (Å²) in [6.45, 7) is 1.42. The second-order valence-corrected chi connectivity index (χ2v) is 9.87. The summed E-state index contributed by atoms with van der Waals surface area (Å²) in [5.74, 6) is -1.44. The molecule has 31 heavy (non-hydrogen) atoms. The molecule has 3 rings (SSSR count). The van der Waals surface area contributed by atoms with Gasteiger partial charge in [-0.1, -0.05) is 24.3 Å². The lowest BCUT2D eigenvalue weighted by Crippen LogP contribution is -2.48. The Morgan fingerprint density at radius 3 is 2.58 bits per heavy atom. The Morgan fingerprint density at radius 1 is 1.29 bits per heavy atom. The molecule has 2 heterocycles. The van der Waals surface area contributed by atoms with Gasteiger partial charge in [0, 0.05) is 18.5 Å². The molecule has 0 amide bonds. The van der Waals surface area contributed by atoms with Crippen molar-refractivity contribution >= 4 is 38.3 Å². The monoisotopic (exact) mass is 463 g/mol. The highest BCUT2D eigenvalue weighted by Gasteiger charge is 2.38. The first kappa shape index (κ1) is 22.7. The number of anilines is 1. The third-order valence-corrected chi connectivity index (χ3v) is 7.15. The zero-order chi connectivity index (χ0) is 22.8. The fourth-order valence-corrected chi connectivity index (χ4v) is 5.31. The van der Waals surface area contributed by atoms with Crippen molar-refractivity contribution in [3.8, 4) is 6.07 Å². The van der Waals surface area contributed by atoms with Gasteiger partial charge in [-0.2, -0.15) is 9.57 Å². The zero-order valence-electron chi connectivity index (χ0n) is 17.0. The molecule has 1 aromatic heterocycles. The smallest absolute Gasteiger partial charge is 0.348 e. The van der Waals surface area contributed by atoms with Crippen LogP contribution in [0.5, 0.6) is 0 Å². The number of nitriles is 1. The van der Waals surface area contributed by atoms with Gasteiger partial charge in [0.1, 0.15) is 28.6 Å². The number of benzene rings is 1. The highest BCUT2D eigenvalue weighted by Crippen LogP contribution is 2.32. The van der Waals surface area contributed by atoms with Crippen molar-refractivity contribution in [2.75, 3.05) is 18.6 Å². The molecule has 0 saturated heterocycles. The number of hydrogen-bond donors (Lipinski definition) is 1. The molecule has 1 aliphatic heterocycles. The Morgan fingerprint density at radius 2 is 1.97 bits per heavy atom. The van der Waals surface area contributed by atoms with Crippen LogP contribution in [-0.2, 0) is 43.9 Å². The largest absolute Gasteiger partial charge is 0.462 e. The first-order valence-corrected chi connectivity index (χ1v) is 12.0. The van der Waals surface area contributed by atoms with E-state index in [2.05, 4.69) is 0 Å². The number of hydrogen-bond acceptors (Lipinski definition) is 9. The molecule has 1 unspecified atom stereocenters. The second kappa shape index (κ2) is 9.05. The maximum absolute atomic E-state index is 12.9. The highest BCUT2D eigenvalue weighted by molar-refractivity contribution is 7.88. The van der Waals surface area contributed by atoms with Crippen molar-refractivity contribution < 1.29 is 27.5 Å². The summed E-state index contributed by atoms with van der Waals surface area (Å²) in [5.41, 5.74) is 7.69. The number of sulfonamides is 1. The number of fused-ring (bicyclic) bond motifs is 1. The maximum Gasteiger partial charge on any atom is 0.348 e. The Labute approximate surface area is 184 Å². The van der Waals surface area contributed by atoms with E-state index in [0.29, 0.717) is 0 Å². The highest BCUT2D eigenvalue weighted by atomic mass is 32.2. The average Bonchev–Trinajstić information content (AvgIpc) is 3.05.